The number of hydrogen-bond donors (Lipinski definition) is 2. The SMILES string of the molecule is Cc1c2ccc(-c3ccc(C(=O)C(=O)N[C@H](CN4CCCC4)[C@H](O)c4cc(F)c5c(c4)OCCO5)cc3)cc2nn1C. The molecule has 0 bridgehead atoms. The monoisotopic (exact) mass is 572 g/mol. The molecule has 3 aromatic carbocycles. The third kappa shape index (κ3) is 5.47. The second kappa shape index (κ2) is 11.5. The van der Waals surface area contributed by atoms with Gasteiger partial charge in [0.1, 0.15) is 19.3 Å². The van der Waals surface area contributed by atoms with Crippen LogP contribution in [0.4, 0.5) is 4.39 Å². The largest absolute Gasteiger partial charge is 0.486 e. The lowest BCUT2D eigenvalue weighted by molar-refractivity contribution is -0.118. The van der Waals surface area contributed by atoms with Crippen LogP contribution in [0.2, 0.25) is 0 Å². The summed E-state index contributed by atoms with van der Waals surface area (Å²) < 4.78 is 27.5. The van der Waals surface area contributed by atoms with Gasteiger partial charge in [-0.15, -0.1) is 0 Å². The van der Waals surface area contributed by atoms with E-state index in [1.807, 2.05) is 36.9 Å². The van der Waals surface area contributed by atoms with E-state index in [0.717, 1.165) is 53.7 Å². The summed E-state index contributed by atoms with van der Waals surface area (Å²) in [5.74, 6) is -2.00. The molecule has 1 saturated heterocycles. The number of benzene rings is 3. The first kappa shape index (κ1) is 27.9. The van der Waals surface area contributed by atoms with Gasteiger partial charge in [-0.25, -0.2) is 4.39 Å². The van der Waals surface area contributed by atoms with Crippen LogP contribution >= 0.6 is 0 Å². The molecular weight excluding hydrogens is 539 g/mol. The summed E-state index contributed by atoms with van der Waals surface area (Å²) in [4.78, 5) is 28.5. The molecule has 10 heteroatoms. The Balaban J connectivity index is 1.19. The highest BCUT2D eigenvalue weighted by molar-refractivity contribution is 6.42. The Bertz CT molecular complexity index is 1650. The Hall–Kier alpha value is -4.28. The van der Waals surface area contributed by atoms with Crippen molar-refractivity contribution in [2.45, 2.75) is 31.9 Å². The molecule has 218 valence electrons. The van der Waals surface area contributed by atoms with Crippen LogP contribution < -0.4 is 14.8 Å². The number of likely N-dealkylation sites (tertiary alicyclic amines) is 1. The molecule has 1 fully saturated rings. The van der Waals surface area contributed by atoms with Gasteiger partial charge in [0.15, 0.2) is 17.3 Å². The van der Waals surface area contributed by atoms with Crippen molar-refractivity contribution in [3.63, 3.8) is 0 Å². The molecule has 4 aromatic rings. The third-order valence-electron chi connectivity index (χ3n) is 8.13. The highest BCUT2D eigenvalue weighted by Crippen LogP contribution is 2.36. The van der Waals surface area contributed by atoms with Crippen LogP contribution in [0, 0.1) is 12.7 Å². The van der Waals surface area contributed by atoms with Crippen molar-refractivity contribution < 1.29 is 28.6 Å². The number of hydrogen-bond acceptors (Lipinski definition) is 7. The maximum Gasteiger partial charge on any atom is 0.292 e. The number of nitrogens with zero attached hydrogens (tertiary/aromatic N) is 3. The number of Topliss-reactive ketones (excluding diaryl/α,β-unsaturated/α-hetero) is 1. The standard InChI is InChI=1S/C32H33FN4O5/c1-19-24-10-9-22(16-26(24)35-36(19)2)20-5-7-21(8-6-20)30(39)32(40)34-27(18-37-11-3-4-12-37)29(38)23-15-25(33)31-28(17-23)41-13-14-42-31/h5-10,15-17,27,29,38H,3-4,11-14,18H2,1-2H3,(H,34,40)/t27-,29-/m1/s1. The van der Waals surface area contributed by atoms with Crippen LogP contribution in [0.3, 0.4) is 0 Å². The number of ketones is 1. The van der Waals surface area contributed by atoms with Gasteiger partial charge in [-0.3, -0.25) is 14.3 Å². The van der Waals surface area contributed by atoms with Gasteiger partial charge in [-0.05, 0) is 67.7 Å². The summed E-state index contributed by atoms with van der Waals surface area (Å²) >= 11 is 0. The molecule has 3 heterocycles. The van der Waals surface area contributed by atoms with Gasteiger partial charge >= 0.3 is 0 Å². The predicted molar refractivity (Wildman–Crippen MR) is 155 cm³/mol. The van der Waals surface area contributed by atoms with E-state index in [4.69, 9.17) is 9.47 Å². The lowest BCUT2D eigenvalue weighted by atomic mass is 9.99. The first-order valence-electron chi connectivity index (χ1n) is 14.2. The minimum atomic E-state index is -1.28. The molecule has 0 radical (unpaired) electrons. The molecule has 2 atom stereocenters. The average Bonchev–Trinajstić information content (AvgIpc) is 3.62. The first-order valence-corrected chi connectivity index (χ1v) is 14.2. The second-order valence-electron chi connectivity index (χ2n) is 10.9. The van der Waals surface area contributed by atoms with E-state index < -0.39 is 29.7 Å². The van der Waals surface area contributed by atoms with E-state index in [-0.39, 0.29) is 35.8 Å². The van der Waals surface area contributed by atoms with E-state index in [0.29, 0.717) is 6.54 Å². The molecule has 0 saturated carbocycles. The Kier molecular flexibility index (Phi) is 7.66. The number of carbonyl (C=O) groups excluding carboxylic acids is 2. The number of aromatic nitrogens is 2. The number of fused-ring (bicyclic) bond motifs is 2. The van der Waals surface area contributed by atoms with Crippen molar-refractivity contribution in [2.75, 3.05) is 32.8 Å². The zero-order chi connectivity index (χ0) is 29.4. The minimum Gasteiger partial charge on any atom is -0.486 e. The van der Waals surface area contributed by atoms with Crippen molar-refractivity contribution in [1.82, 2.24) is 20.0 Å². The number of aryl methyl sites for hydroxylation is 2. The Morgan fingerprint density at radius 1 is 1.02 bits per heavy atom. The number of aliphatic hydroxyl groups excluding tert-OH is 1. The number of carbonyl (C=O) groups is 2. The van der Waals surface area contributed by atoms with E-state index in [9.17, 15) is 19.1 Å². The molecule has 2 N–H and O–H groups in total. The van der Waals surface area contributed by atoms with Crippen molar-refractivity contribution in [3.8, 4) is 22.6 Å². The van der Waals surface area contributed by atoms with Gasteiger partial charge in [-0.1, -0.05) is 36.4 Å². The van der Waals surface area contributed by atoms with E-state index in [1.54, 1.807) is 24.3 Å². The molecule has 9 nitrogen and oxygen atoms in total. The molecule has 0 spiro atoms. The van der Waals surface area contributed by atoms with Gasteiger partial charge in [-0.2, -0.15) is 5.10 Å². The van der Waals surface area contributed by atoms with Crippen molar-refractivity contribution in [1.29, 1.82) is 0 Å². The molecule has 2 aliphatic heterocycles. The molecule has 1 aromatic heterocycles. The van der Waals surface area contributed by atoms with Gasteiger partial charge in [0.2, 0.25) is 5.78 Å². The maximum atomic E-state index is 14.8. The minimum absolute atomic E-state index is 0.00557. The maximum absolute atomic E-state index is 14.8. The van der Waals surface area contributed by atoms with Crippen molar-refractivity contribution >= 4 is 22.6 Å². The van der Waals surface area contributed by atoms with E-state index in [1.165, 1.54) is 12.1 Å². The zero-order valence-corrected chi connectivity index (χ0v) is 23.6. The number of amides is 1. The molecule has 1 amide bonds. The smallest absolute Gasteiger partial charge is 0.292 e. The number of aliphatic hydroxyl groups is 1. The second-order valence-corrected chi connectivity index (χ2v) is 10.9. The van der Waals surface area contributed by atoms with E-state index >= 15 is 0 Å². The normalized spacial score (nSPS) is 16.4. The summed E-state index contributed by atoms with van der Waals surface area (Å²) in [5.41, 5.74) is 4.26. The van der Waals surface area contributed by atoms with Crippen molar-refractivity contribution in [3.05, 3.63) is 77.2 Å². The van der Waals surface area contributed by atoms with Crippen molar-refractivity contribution in [2.24, 2.45) is 7.05 Å². The topological polar surface area (TPSA) is 106 Å². The Morgan fingerprint density at radius 3 is 2.50 bits per heavy atom. The number of rotatable bonds is 8. The summed E-state index contributed by atoms with van der Waals surface area (Å²) in [6, 6.07) is 14.7. The third-order valence-corrected chi connectivity index (χ3v) is 8.13. The fourth-order valence-electron chi connectivity index (χ4n) is 5.69. The van der Waals surface area contributed by atoms with Gasteiger partial charge < -0.3 is 24.8 Å². The first-order chi connectivity index (χ1) is 20.3. The Labute approximate surface area is 242 Å². The van der Waals surface area contributed by atoms with Crippen LogP contribution in [0.5, 0.6) is 11.5 Å². The highest BCUT2D eigenvalue weighted by Gasteiger charge is 2.31. The quantitative estimate of drug-likeness (QED) is 0.243. The van der Waals surface area contributed by atoms with Gasteiger partial charge in [0, 0.05) is 30.2 Å². The van der Waals surface area contributed by atoms with E-state index in [2.05, 4.69) is 15.3 Å². The molecule has 0 unspecified atom stereocenters. The highest BCUT2D eigenvalue weighted by atomic mass is 19.1. The van der Waals surface area contributed by atoms with Crippen LogP contribution in [0.25, 0.3) is 22.0 Å². The number of halogens is 1. The fraction of sp³-hybridized carbons (Fsp3) is 0.344. The number of nitrogens with one attached hydrogen (secondary N) is 1. The lowest BCUT2D eigenvalue weighted by Crippen LogP contribution is -2.48. The molecule has 42 heavy (non-hydrogen) atoms. The predicted octanol–water partition coefficient (Wildman–Crippen LogP) is 3.96. The molecular formula is C32H33FN4O5. The van der Waals surface area contributed by atoms with Gasteiger partial charge in [0.05, 0.1) is 11.6 Å². The summed E-state index contributed by atoms with van der Waals surface area (Å²) in [5, 5.41) is 19.7. The van der Waals surface area contributed by atoms with Crippen LogP contribution in [-0.4, -0.2) is 70.4 Å². The zero-order valence-electron chi connectivity index (χ0n) is 23.6. The summed E-state index contributed by atoms with van der Waals surface area (Å²) in [7, 11) is 1.91. The molecule has 2 aliphatic rings. The lowest BCUT2D eigenvalue weighted by Gasteiger charge is -2.29. The van der Waals surface area contributed by atoms with Crippen LogP contribution in [0.15, 0.2) is 54.6 Å². The fourth-order valence-corrected chi connectivity index (χ4v) is 5.69. The number of ether oxygens (including phenoxy) is 2. The van der Waals surface area contributed by atoms with Crippen LogP contribution in [-0.2, 0) is 11.8 Å². The average molecular weight is 573 g/mol. The Morgan fingerprint density at radius 2 is 1.74 bits per heavy atom. The summed E-state index contributed by atoms with van der Waals surface area (Å²) in [6.07, 6.45) is 0.737. The molecule has 6 rings (SSSR count). The molecule has 0 aliphatic carbocycles. The van der Waals surface area contributed by atoms with Gasteiger partial charge in [0.25, 0.3) is 5.91 Å². The summed E-state index contributed by atoms with van der Waals surface area (Å²) in [6.45, 7) is 4.46. The van der Waals surface area contributed by atoms with Crippen LogP contribution in [0.1, 0.15) is 40.6 Å².